The van der Waals surface area contributed by atoms with E-state index in [0.29, 0.717) is 13.1 Å². The quantitative estimate of drug-likeness (QED) is 0.420. The van der Waals surface area contributed by atoms with Crippen LogP contribution in [-0.4, -0.2) is 19.6 Å². The highest BCUT2D eigenvalue weighted by Gasteiger charge is 2.02. The molecular weight excluding hydrogens is 405 g/mol. The molecule has 0 atom stereocenters. The molecule has 2 N–H and O–H groups in total. The summed E-state index contributed by atoms with van der Waals surface area (Å²) in [6.45, 7) is 6.11. The van der Waals surface area contributed by atoms with Gasteiger partial charge in [-0.2, -0.15) is 0 Å². The summed E-state index contributed by atoms with van der Waals surface area (Å²) < 4.78 is 10.6. The molecule has 0 spiro atoms. The number of benzene rings is 1. The van der Waals surface area contributed by atoms with Crippen LogP contribution in [0.2, 0.25) is 0 Å². The third-order valence-corrected chi connectivity index (χ3v) is 3.23. The number of nitrogens with one attached hydrogen (secondary N) is 2. The minimum Gasteiger partial charge on any atom is -0.496 e. The molecule has 0 aliphatic rings. The van der Waals surface area contributed by atoms with Crippen molar-refractivity contribution in [3.8, 4) is 5.75 Å². The lowest BCUT2D eigenvalue weighted by atomic mass is 10.1. The zero-order valence-electron chi connectivity index (χ0n) is 13.8. The molecule has 6 heteroatoms. The van der Waals surface area contributed by atoms with Crippen LogP contribution in [0.15, 0.2) is 46.0 Å². The van der Waals surface area contributed by atoms with Gasteiger partial charge in [-0.05, 0) is 43.2 Å². The van der Waals surface area contributed by atoms with E-state index in [1.165, 1.54) is 0 Å². The number of hydrogen-bond donors (Lipinski definition) is 2. The Morgan fingerprint density at radius 3 is 2.70 bits per heavy atom. The lowest BCUT2D eigenvalue weighted by molar-refractivity contribution is 0.411. The van der Waals surface area contributed by atoms with Gasteiger partial charge in [0.2, 0.25) is 0 Å². The van der Waals surface area contributed by atoms with E-state index in [0.717, 1.165) is 35.1 Å². The van der Waals surface area contributed by atoms with Crippen LogP contribution in [0.4, 0.5) is 0 Å². The van der Waals surface area contributed by atoms with Crippen LogP contribution in [-0.2, 0) is 13.1 Å². The molecule has 0 aliphatic carbocycles. The number of furan rings is 1. The molecule has 0 aliphatic heterocycles. The van der Waals surface area contributed by atoms with Gasteiger partial charge < -0.3 is 19.8 Å². The van der Waals surface area contributed by atoms with Crippen molar-refractivity contribution < 1.29 is 9.15 Å². The van der Waals surface area contributed by atoms with Crippen LogP contribution >= 0.6 is 24.0 Å². The van der Waals surface area contributed by atoms with E-state index in [4.69, 9.17) is 9.15 Å². The Labute approximate surface area is 154 Å². The van der Waals surface area contributed by atoms with Crippen LogP contribution in [0.5, 0.6) is 5.75 Å². The molecule has 0 saturated heterocycles. The molecule has 0 bridgehead atoms. The van der Waals surface area contributed by atoms with E-state index < -0.39 is 0 Å². The number of guanidine groups is 1. The summed E-state index contributed by atoms with van der Waals surface area (Å²) in [5.41, 5.74) is 2.26. The summed E-state index contributed by atoms with van der Waals surface area (Å²) in [7, 11) is 1.68. The predicted molar refractivity (Wildman–Crippen MR) is 104 cm³/mol. The molecule has 126 valence electrons. The number of methoxy groups -OCH3 is 1. The predicted octanol–water partition coefficient (Wildman–Crippen LogP) is 3.47. The number of nitrogens with zero attached hydrogens (tertiary/aromatic N) is 1. The fourth-order valence-electron chi connectivity index (χ4n) is 2.13. The third kappa shape index (κ3) is 6.13. The first kappa shape index (κ1) is 19.3. The van der Waals surface area contributed by atoms with Crippen molar-refractivity contribution in [3.05, 3.63) is 53.5 Å². The molecule has 0 radical (unpaired) electrons. The maximum atomic E-state index is 5.31. The van der Waals surface area contributed by atoms with Gasteiger partial charge >= 0.3 is 0 Å². The number of aliphatic imine (C=N–C) groups is 1. The Morgan fingerprint density at radius 2 is 2.09 bits per heavy atom. The van der Waals surface area contributed by atoms with Crippen LogP contribution in [0.1, 0.15) is 23.8 Å². The van der Waals surface area contributed by atoms with E-state index in [-0.39, 0.29) is 24.0 Å². The van der Waals surface area contributed by atoms with Crippen LogP contribution in [0, 0.1) is 6.92 Å². The van der Waals surface area contributed by atoms with E-state index in [1.807, 2.05) is 38.1 Å². The molecule has 0 unspecified atom stereocenters. The van der Waals surface area contributed by atoms with Crippen molar-refractivity contribution in [3.63, 3.8) is 0 Å². The lowest BCUT2D eigenvalue weighted by Gasteiger charge is -2.11. The van der Waals surface area contributed by atoms with Gasteiger partial charge in [-0.1, -0.05) is 12.1 Å². The van der Waals surface area contributed by atoms with Gasteiger partial charge in [-0.25, -0.2) is 4.99 Å². The zero-order chi connectivity index (χ0) is 15.8. The average Bonchev–Trinajstić information content (AvgIpc) is 3.03. The highest BCUT2D eigenvalue weighted by atomic mass is 127. The first-order valence-electron chi connectivity index (χ1n) is 7.41. The van der Waals surface area contributed by atoms with Crippen molar-refractivity contribution in [1.82, 2.24) is 10.6 Å². The summed E-state index contributed by atoms with van der Waals surface area (Å²) >= 11 is 0. The highest BCUT2D eigenvalue weighted by Crippen LogP contribution is 2.18. The monoisotopic (exact) mass is 429 g/mol. The second-order valence-electron chi connectivity index (χ2n) is 4.93. The Balaban J connectivity index is 0.00000264. The number of ether oxygens (including phenoxy) is 1. The molecular formula is C17H24IN3O2. The van der Waals surface area contributed by atoms with Crippen molar-refractivity contribution in [2.24, 2.45) is 4.99 Å². The van der Waals surface area contributed by atoms with Gasteiger partial charge in [-0.3, -0.25) is 0 Å². The number of rotatable bonds is 6. The summed E-state index contributed by atoms with van der Waals surface area (Å²) in [5, 5.41) is 6.48. The zero-order valence-corrected chi connectivity index (χ0v) is 16.1. The maximum Gasteiger partial charge on any atom is 0.191 e. The fourth-order valence-corrected chi connectivity index (χ4v) is 2.13. The molecule has 0 saturated carbocycles. The minimum atomic E-state index is 0. The summed E-state index contributed by atoms with van der Waals surface area (Å²) in [5.74, 6) is 2.55. The van der Waals surface area contributed by atoms with E-state index in [9.17, 15) is 0 Å². The first-order chi connectivity index (χ1) is 10.7. The number of halogens is 1. The van der Waals surface area contributed by atoms with Gasteiger partial charge in [0.15, 0.2) is 5.96 Å². The smallest absolute Gasteiger partial charge is 0.191 e. The SMILES string of the molecule is CCNC(=NCc1ccc(OC)c(C)c1)NCc1ccco1.I. The van der Waals surface area contributed by atoms with Gasteiger partial charge in [-0.15, -0.1) is 24.0 Å². The van der Waals surface area contributed by atoms with Crippen LogP contribution in [0.25, 0.3) is 0 Å². The van der Waals surface area contributed by atoms with Gasteiger partial charge in [0, 0.05) is 6.54 Å². The third-order valence-electron chi connectivity index (χ3n) is 3.23. The Morgan fingerprint density at radius 1 is 1.26 bits per heavy atom. The molecule has 2 rings (SSSR count). The van der Waals surface area contributed by atoms with Crippen molar-refractivity contribution in [1.29, 1.82) is 0 Å². The number of hydrogen-bond acceptors (Lipinski definition) is 3. The molecule has 1 aromatic heterocycles. The normalized spacial score (nSPS) is 10.8. The second-order valence-corrected chi connectivity index (χ2v) is 4.93. The fraction of sp³-hybridized carbons (Fsp3) is 0.353. The molecule has 2 aromatic rings. The molecule has 1 heterocycles. The summed E-state index contributed by atoms with van der Waals surface area (Å²) in [4.78, 5) is 4.59. The molecule has 0 fully saturated rings. The van der Waals surface area contributed by atoms with E-state index in [2.05, 4.69) is 21.7 Å². The van der Waals surface area contributed by atoms with Crippen molar-refractivity contribution in [2.45, 2.75) is 26.9 Å². The minimum absolute atomic E-state index is 0. The summed E-state index contributed by atoms with van der Waals surface area (Å²) in [6, 6.07) is 9.91. The molecule has 1 aromatic carbocycles. The molecule has 5 nitrogen and oxygen atoms in total. The Hall–Kier alpha value is -1.70. The van der Waals surface area contributed by atoms with Crippen LogP contribution < -0.4 is 15.4 Å². The van der Waals surface area contributed by atoms with Crippen molar-refractivity contribution in [2.75, 3.05) is 13.7 Å². The maximum absolute atomic E-state index is 5.31. The van der Waals surface area contributed by atoms with Gasteiger partial charge in [0.1, 0.15) is 11.5 Å². The van der Waals surface area contributed by atoms with E-state index >= 15 is 0 Å². The number of aryl methyl sites for hydroxylation is 1. The van der Waals surface area contributed by atoms with Crippen molar-refractivity contribution >= 4 is 29.9 Å². The van der Waals surface area contributed by atoms with E-state index in [1.54, 1.807) is 13.4 Å². The molecule has 23 heavy (non-hydrogen) atoms. The second kappa shape index (κ2) is 10.1. The Kier molecular flexibility index (Phi) is 8.53. The van der Waals surface area contributed by atoms with Gasteiger partial charge in [0.25, 0.3) is 0 Å². The highest BCUT2D eigenvalue weighted by molar-refractivity contribution is 14.0. The lowest BCUT2D eigenvalue weighted by Crippen LogP contribution is -2.36. The average molecular weight is 429 g/mol. The Bertz CT molecular complexity index is 612. The standard InChI is InChI=1S/C17H23N3O2.HI/c1-4-18-17(20-12-15-6-5-9-22-15)19-11-14-7-8-16(21-3)13(2)10-14;/h5-10H,4,11-12H2,1-3H3,(H2,18,19,20);1H. The first-order valence-corrected chi connectivity index (χ1v) is 7.41. The van der Waals surface area contributed by atoms with Crippen LogP contribution in [0.3, 0.4) is 0 Å². The largest absolute Gasteiger partial charge is 0.496 e. The summed E-state index contributed by atoms with van der Waals surface area (Å²) in [6.07, 6.45) is 1.67. The van der Waals surface area contributed by atoms with Gasteiger partial charge in [0.05, 0.1) is 26.5 Å². The molecule has 0 amide bonds. The topological polar surface area (TPSA) is 58.8 Å².